The molecule has 0 heterocycles. The minimum atomic E-state index is -1.87. The zero-order valence-corrected chi connectivity index (χ0v) is 12.7. The molecule has 0 fully saturated rings. The normalized spacial score (nSPS) is 14.0. The molecule has 0 aliphatic heterocycles. The molecule has 1 nitrogen and oxygen atoms in total. The first-order valence-electron chi connectivity index (χ1n) is 7.18. The predicted octanol–water partition coefficient (Wildman–Crippen LogP) is 5.53. The highest BCUT2D eigenvalue weighted by molar-refractivity contribution is 7.64. The summed E-state index contributed by atoms with van der Waals surface area (Å²) in [7, 11) is -1.87. The van der Waals surface area contributed by atoms with E-state index in [2.05, 4.69) is 27.7 Å². The van der Waals surface area contributed by atoms with Crippen molar-refractivity contribution >= 4 is 7.14 Å². The van der Waals surface area contributed by atoms with Crippen molar-refractivity contribution in [3.8, 4) is 0 Å². The molecule has 0 spiro atoms. The maximum absolute atomic E-state index is 12.9. The van der Waals surface area contributed by atoms with E-state index in [1.54, 1.807) is 0 Å². The van der Waals surface area contributed by atoms with E-state index in [4.69, 9.17) is 0 Å². The molecule has 0 aromatic carbocycles. The van der Waals surface area contributed by atoms with Crippen LogP contribution in [0.5, 0.6) is 0 Å². The monoisotopic (exact) mass is 246 g/mol. The van der Waals surface area contributed by atoms with Crippen molar-refractivity contribution in [3.05, 3.63) is 0 Å². The Bertz CT molecular complexity index is 187. The second-order valence-corrected chi connectivity index (χ2v) is 8.75. The van der Waals surface area contributed by atoms with Crippen molar-refractivity contribution < 1.29 is 4.57 Å². The Morgan fingerprint density at radius 2 is 1.31 bits per heavy atom. The van der Waals surface area contributed by atoms with Crippen LogP contribution in [0, 0.1) is 0 Å². The predicted molar refractivity (Wildman–Crippen MR) is 76.1 cm³/mol. The Morgan fingerprint density at radius 1 is 0.875 bits per heavy atom. The average molecular weight is 246 g/mol. The molecule has 0 aliphatic rings. The van der Waals surface area contributed by atoms with Crippen molar-refractivity contribution in [2.24, 2.45) is 0 Å². The summed E-state index contributed by atoms with van der Waals surface area (Å²) < 4.78 is 12.9. The van der Waals surface area contributed by atoms with Crippen molar-refractivity contribution in [1.29, 1.82) is 0 Å². The maximum atomic E-state index is 12.9. The van der Waals surface area contributed by atoms with Crippen molar-refractivity contribution in [2.75, 3.05) is 12.3 Å². The van der Waals surface area contributed by atoms with Gasteiger partial charge in [-0.3, -0.25) is 0 Å². The van der Waals surface area contributed by atoms with Gasteiger partial charge in [-0.25, -0.2) is 0 Å². The molecule has 0 saturated heterocycles. The summed E-state index contributed by atoms with van der Waals surface area (Å²) in [6.45, 7) is 8.80. The molecule has 98 valence electrons. The molecule has 0 N–H and O–H groups in total. The van der Waals surface area contributed by atoms with Crippen LogP contribution >= 0.6 is 7.14 Å². The Kier molecular flexibility index (Phi) is 9.41. The van der Waals surface area contributed by atoms with Gasteiger partial charge in [-0.1, -0.05) is 53.4 Å². The summed E-state index contributed by atoms with van der Waals surface area (Å²) in [6, 6.07) is 0. The van der Waals surface area contributed by atoms with Crippen LogP contribution in [0.3, 0.4) is 0 Å². The number of unbranched alkanes of at least 4 members (excludes halogenated alkanes) is 4. The summed E-state index contributed by atoms with van der Waals surface area (Å²) in [5.74, 6) is 0. The number of rotatable bonds is 10. The lowest BCUT2D eigenvalue weighted by Gasteiger charge is -2.24. The minimum absolute atomic E-state index is 0.446. The third-order valence-electron chi connectivity index (χ3n) is 3.67. The standard InChI is InChI=1S/C14H31OP/c1-5-8-10-12-16(15,14(4)7-3)13-11-9-6-2/h14H,5-13H2,1-4H3. The average Bonchev–Trinajstić information content (AvgIpc) is 2.28. The van der Waals surface area contributed by atoms with Gasteiger partial charge in [-0.05, 0) is 19.3 Å². The van der Waals surface area contributed by atoms with Crippen LogP contribution in [-0.2, 0) is 4.57 Å². The van der Waals surface area contributed by atoms with Crippen molar-refractivity contribution in [2.45, 2.75) is 78.3 Å². The van der Waals surface area contributed by atoms with Gasteiger partial charge < -0.3 is 4.57 Å². The molecule has 0 aliphatic carbocycles. The van der Waals surface area contributed by atoms with E-state index >= 15 is 0 Å². The van der Waals surface area contributed by atoms with E-state index in [-0.39, 0.29) is 0 Å². The van der Waals surface area contributed by atoms with Gasteiger partial charge in [0.15, 0.2) is 0 Å². The molecule has 0 rings (SSSR count). The highest BCUT2D eigenvalue weighted by atomic mass is 31.2. The zero-order valence-electron chi connectivity index (χ0n) is 11.8. The van der Waals surface area contributed by atoms with E-state index < -0.39 is 7.14 Å². The number of hydrogen-bond donors (Lipinski definition) is 0. The molecule has 16 heavy (non-hydrogen) atoms. The fraction of sp³-hybridized carbons (Fsp3) is 1.00. The first-order chi connectivity index (χ1) is 7.60. The Morgan fingerprint density at radius 3 is 1.62 bits per heavy atom. The van der Waals surface area contributed by atoms with E-state index in [0.717, 1.165) is 18.7 Å². The molecule has 0 radical (unpaired) electrons. The van der Waals surface area contributed by atoms with Crippen LogP contribution in [-0.4, -0.2) is 18.0 Å². The molecule has 0 amide bonds. The lowest BCUT2D eigenvalue weighted by molar-refractivity contribution is 0.556. The summed E-state index contributed by atoms with van der Waals surface area (Å²) in [6.07, 6.45) is 10.4. The van der Waals surface area contributed by atoms with E-state index in [0.29, 0.717) is 5.66 Å². The van der Waals surface area contributed by atoms with Crippen LogP contribution in [0.2, 0.25) is 0 Å². The topological polar surface area (TPSA) is 17.1 Å². The Balaban J connectivity index is 4.19. The van der Waals surface area contributed by atoms with Crippen molar-refractivity contribution in [3.63, 3.8) is 0 Å². The quantitative estimate of drug-likeness (QED) is 0.366. The first kappa shape index (κ1) is 16.2. The molecule has 2 heteroatoms. The highest BCUT2D eigenvalue weighted by Crippen LogP contribution is 2.53. The molecular formula is C14H31OP. The molecule has 1 unspecified atom stereocenters. The van der Waals surface area contributed by atoms with Gasteiger partial charge in [-0.2, -0.15) is 0 Å². The van der Waals surface area contributed by atoms with Gasteiger partial charge in [0.05, 0.1) is 7.14 Å². The maximum Gasteiger partial charge on any atom is 0.0903 e. The minimum Gasteiger partial charge on any atom is -0.323 e. The van der Waals surface area contributed by atoms with E-state index in [1.165, 1.54) is 38.5 Å². The molecule has 0 saturated carbocycles. The third-order valence-corrected chi connectivity index (χ3v) is 7.79. The van der Waals surface area contributed by atoms with Crippen molar-refractivity contribution in [1.82, 2.24) is 0 Å². The lowest BCUT2D eigenvalue weighted by Crippen LogP contribution is -2.09. The van der Waals surface area contributed by atoms with Gasteiger partial charge in [0.1, 0.15) is 0 Å². The second-order valence-electron chi connectivity index (χ2n) is 5.07. The van der Waals surface area contributed by atoms with Crippen LogP contribution in [0.1, 0.15) is 72.6 Å². The first-order valence-corrected chi connectivity index (χ1v) is 9.33. The lowest BCUT2D eigenvalue weighted by atomic mass is 10.3. The SMILES string of the molecule is CCCCCP(=O)(CCCCC)C(C)CC. The summed E-state index contributed by atoms with van der Waals surface area (Å²) >= 11 is 0. The summed E-state index contributed by atoms with van der Waals surface area (Å²) in [5, 5.41) is 0. The van der Waals surface area contributed by atoms with Gasteiger partial charge in [0.2, 0.25) is 0 Å². The van der Waals surface area contributed by atoms with E-state index in [1.807, 2.05) is 0 Å². The van der Waals surface area contributed by atoms with Gasteiger partial charge in [-0.15, -0.1) is 0 Å². The van der Waals surface area contributed by atoms with Crippen LogP contribution in [0.4, 0.5) is 0 Å². The van der Waals surface area contributed by atoms with Gasteiger partial charge in [0.25, 0.3) is 0 Å². The molecule has 1 atom stereocenters. The molecule has 0 bridgehead atoms. The number of hydrogen-bond acceptors (Lipinski definition) is 1. The smallest absolute Gasteiger partial charge is 0.0903 e. The Hall–Kier alpha value is 0.230. The van der Waals surface area contributed by atoms with Gasteiger partial charge in [0, 0.05) is 18.0 Å². The van der Waals surface area contributed by atoms with Crippen LogP contribution in [0.15, 0.2) is 0 Å². The van der Waals surface area contributed by atoms with Crippen LogP contribution < -0.4 is 0 Å². The second kappa shape index (κ2) is 9.28. The summed E-state index contributed by atoms with van der Waals surface area (Å²) in [4.78, 5) is 0. The molecule has 0 aromatic rings. The highest BCUT2D eigenvalue weighted by Gasteiger charge is 2.26. The van der Waals surface area contributed by atoms with Crippen LogP contribution in [0.25, 0.3) is 0 Å². The Labute approximate surface area is 103 Å². The largest absolute Gasteiger partial charge is 0.323 e. The fourth-order valence-electron chi connectivity index (χ4n) is 2.14. The molecule has 0 aromatic heterocycles. The fourth-order valence-corrected chi connectivity index (χ4v) is 5.43. The third kappa shape index (κ3) is 6.09. The molecular weight excluding hydrogens is 215 g/mol. The van der Waals surface area contributed by atoms with E-state index in [9.17, 15) is 4.57 Å². The van der Waals surface area contributed by atoms with Gasteiger partial charge >= 0.3 is 0 Å². The zero-order chi connectivity index (χ0) is 12.4. The summed E-state index contributed by atoms with van der Waals surface area (Å²) in [5.41, 5.74) is 0.446.